The van der Waals surface area contributed by atoms with E-state index in [9.17, 15) is 0 Å². The summed E-state index contributed by atoms with van der Waals surface area (Å²) in [5.74, 6) is 0.842. The van der Waals surface area contributed by atoms with Crippen molar-refractivity contribution in [1.82, 2.24) is 10.6 Å². The average Bonchev–Trinajstić information content (AvgIpc) is 3.02. The van der Waals surface area contributed by atoms with Crippen LogP contribution >= 0.6 is 24.0 Å². The lowest BCUT2D eigenvalue weighted by Crippen LogP contribution is -2.45. The third-order valence-electron chi connectivity index (χ3n) is 4.00. The van der Waals surface area contributed by atoms with Gasteiger partial charge in [-0.05, 0) is 18.4 Å². The highest BCUT2D eigenvalue weighted by Crippen LogP contribution is 2.21. The number of hydrogen-bond donors (Lipinski definition) is 2. The van der Waals surface area contributed by atoms with Crippen molar-refractivity contribution in [2.24, 2.45) is 4.99 Å². The van der Waals surface area contributed by atoms with Crippen LogP contribution in [0.25, 0.3) is 0 Å². The molecule has 1 aromatic rings. The number of nitrogens with one attached hydrogen (secondary N) is 2. The summed E-state index contributed by atoms with van der Waals surface area (Å²) in [4.78, 5) is 4.28. The lowest BCUT2D eigenvalue weighted by atomic mass is 9.85. The largest absolute Gasteiger partial charge is 0.376 e. The molecule has 1 atom stereocenters. The van der Waals surface area contributed by atoms with E-state index in [2.05, 4.69) is 59.8 Å². The van der Waals surface area contributed by atoms with Crippen LogP contribution in [0.4, 0.5) is 0 Å². The topological polar surface area (TPSA) is 45.7 Å². The van der Waals surface area contributed by atoms with Crippen LogP contribution in [0.15, 0.2) is 35.3 Å². The Kier molecular flexibility index (Phi) is 8.17. The third-order valence-corrected chi connectivity index (χ3v) is 4.00. The molecule has 4 nitrogen and oxygen atoms in total. The Labute approximate surface area is 151 Å². The first-order valence-corrected chi connectivity index (χ1v) is 7.73. The second-order valence-corrected chi connectivity index (χ2v) is 6.19. The van der Waals surface area contributed by atoms with Crippen molar-refractivity contribution in [1.29, 1.82) is 0 Å². The molecule has 0 spiro atoms. The molecular weight excluding hydrogens is 389 g/mol. The molecule has 1 heterocycles. The first-order chi connectivity index (χ1) is 10.1. The predicted octanol–water partition coefficient (Wildman–Crippen LogP) is 2.93. The molecule has 1 aliphatic heterocycles. The maximum absolute atomic E-state index is 5.62. The molecule has 0 bridgehead atoms. The van der Waals surface area contributed by atoms with E-state index in [1.165, 1.54) is 12.0 Å². The molecule has 1 aliphatic rings. The molecule has 0 saturated carbocycles. The van der Waals surface area contributed by atoms with Gasteiger partial charge < -0.3 is 15.4 Å². The van der Waals surface area contributed by atoms with Crippen molar-refractivity contribution < 1.29 is 4.74 Å². The second-order valence-electron chi connectivity index (χ2n) is 6.19. The molecule has 0 aliphatic carbocycles. The van der Waals surface area contributed by atoms with Crippen LogP contribution in [0.3, 0.4) is 0 Å². The van der Waals surface area contributed by atoms with E-state index in [1.807, 2.05) is 0 Å². The monoisotopic (exact) mass is 417 g/mol. The van der Waals surface area contributed by atoms with Crippen LogP contribution in [0.1, 0.15) is 32.3 Å². The van der Waals surface area contributed by atoms with E-state index in [0.717, 1.165) is 32.1 Å². The Morgan fingerprint density at radius 3 is 2.59 bits per heavy atom. The van der Waals surface area contributed by atoms with E-state index < -0.39 is 0 Å². The molecular formula is C17H28IN3O. The van der Waals surface area contributed by atoms with Crippen LogP contribution in [-0.4, -0.2) is 38.8 Å². The van der Waals surface area contributed by atoms with E-state index in [-0.39, 0.29) is 29.4 Å². The van der Waals surface area contributed by atoms with Gasteiger partial charge in [0.1, 0.15) is 0 Å². The van der Waals surface area contributed by atoms with Gasteiger partial charge in [-0.15, -0.1) is 24.0 Å². The van der Waals surface area contributed by atoms with E-state index >= 15 is 0 Å². The number of halogens is 1. The number of guanidine groups is 1. The first-order valence-electron chi connectivity index (χ1n) is 7.73. The second kappa shape index (κ2) is 9.35. The van der Waals surface area contributed by atoms with Gasteiger partial charge in [0, 0.05) is 32.2 Å². The van der Waals surface area contributed by atoms with Gasteiger partial charge in [0.15, 0.2) is 5.96 Å². The van der Waals surface area contributed by atoms with Gasteiger partial charge in [-0.2, -0.15) is 0 Å². The third kappa shape index (κ3) is 5.76. The van der Waals surface area contributed by atoms with Gasteiger partial charge in [-0.25, -0.2) is 0 Å². The average molecular weight is 417 g/mol. The van der Waals surface area contributed by atoms with Crippen molar-refractivity contribution in [2.75, 3.05) is 26.7 Å². The Bertz CT molecular complexity index is 456. The van der Waals surface area contributed by atoms with Crippen molar-refractivity contribution in [2.45, 2.75) is 38.2 Å². The predicted molar refractivity (Wildman–Crippen MR) is 103 cm³/mol. The molecule has 124 valence electrons. The molecule has 0 aromatic heterocycles. The number of nitrogens with zero attached hydrogens (tertiary/aromatic N) is 1. The summed E-state index contributed by atoms with van der Waals surface area (Å²) < 4.78 is 5.62. The summed E-state index contributed by atoms with van der Waals surface area (Å²) in [6, 6.07) is 10.6. The fourth-order valence-corrected chi connectivity index (χ4v) is 2.53. The molecule has 2 N–H and O–H groups in total. The molecule has 5 heteroatoms. The lowest BCUT2D eigenvalue weighted by Gasteiger charge is -2.27. The number of rotatable bonds is 5. The van der Waals surface area contributed by atoms with E-state index in [0.29, 0.717) is 6.10 Å². The SMILES string of the molecule is CN=C(NCC1CCCO1)NCC(C)(C)c1ccccc1.I. The van der Waals surface area contributed by atoms with Crippen LogP contribution in [-0.2, 0) is 10.2 Å². The number of aliphatic imine (C=N–C) groups is 1. The summed E-state index contributed by atoms with van der Waals surface area (Å²) in [5.41, 5.74) is 1.38. The molecule has 1 fully saturated rings. The molecule has 0 amide bonds. The minimum Gasteiger partial charge on any atom is -0.376 e. The summed E-state index contributed by atoms with van der Waals surface area (Å²) >= 11 is 0. The maximum atomic E-state index is 5.62. The smallest absolute Gasteiger partial charge is 0.191 e. The Hall–Kier alpha value is -0.820. The van der Waals surface area contributed by atoms with Crippen molar-refractivity contribution in [3.63, 3.8) is 0 Å². The standard InChI is InChI=1S/C17H27N3O.HI/c1-17(2,14-8-5-4-6-9-14)13-20-16(18-3)19-12-15-10-7-11-21-15;/h4-6,8-9,15H,7,10-13H2,1-3H3,(H2,18,19,20);1H. The molecule has 22 heavy (non-hydrogen) atoms. The minimum atomic E-state index is 0. The zero-order valence-electron chi connectivity index (χ0n) is 13.8. The zero-order valence-corrected chi connectivity index (χ0v) is 16.1. The Morgan fingerprint density at radius 2 is 2.00 bits per heavy atom. The number of benzene rings is 1. The van der Waals surface area contributed by atoms with Gasteiger partial charge in [0.25, 0.3) is 0 Å². The summed E-state index contributed by atoms with van der Waals surface area (Å²) in [6.07, 6.45) is 2.63. The van der Waals surface area contributed by atoms with Gasteiger partial charge in [-0.3, -0.25) is 4.99 Å². The fraction of sp³-hybridized carbons (Fsp3) is 0.588. The quantitative estimate of drug-likeness (QED) is 0.440. The van der Waals surface area contributed by atoms with E-state index in [1.54, 1.807) is 7.05 Å². The van der Waals surface area contributed by atoms with Crippen LogP contribution < -0.4 is 10.6 Å². The van der Waals surface area contributed by atoms with Gasteiger partial charge >= 0.3 is 0 Å². The van der Waals surface area contributed by atoms with Crippen LogP contribution in [0.2, 0.25) is 0 Å². The molecule has 1 saturated heterocycles. The Balaban J connectivity index is 0.00000242. The molecule has 1 unspecified atom stereocenters. The molecule has 1 aromatic carbocycles. The van der Waals surface area contributed by atoms with Gasteiger partial charge in [0.05, 0.1) is 6.10 Å². The lowest BCUT2D eigenvalue weighted by molar-refractivity contribution is 0.114. The number of hydrogen-bond acceptors (Lipinski definition) is 2. The number of ether oxygens (including phenoxy) is 1. The highest BCUT2D eigenvalue weighted by Gasteiger charge is 2.21. The maximum Gasteiger partial charge on any atom is 0.191 e. The van der Waals surface area contributed by atoms with Crippen molar-refractivity contribution >= 4 is 29.9 Å². The summed E-state index contributed by atoms with van der Waals surface area (Å²) in [5, 5.41) is 6.76. The molecule has 0 radical (unpaired) electrons. The Morgan fingerprint density at radius 1 is 1.27 bits per heavy atom. The van der Waals surface area contributed by atoms with E-state index in [4.69, 9.17) is 4.74 Å². The van der Waals surface area contributed by atoms with Gasteiger partial charge in [0.2, 0.25) is 0 Å². The summed E-state index contributed by atoms with van der Waals surface area (Å²) in [7, 11) is 1.81. The first kappa shape index (κ1) is 19.2. The highest BCUT2D eigenvalue weighted by molar-refractivity contribution is 14.0. The van der Waals surface area contributed by atoms with Crippen LogP contribution in [0, 0.1) is 0 Å². The highest BCUT2D eigenvalue weighted by atomic mass is 127. The van der Waals surface area contributed by atoms with Crippen molar-refractivity contribution in [3.8, 4) is 0 Å². The zero-order chi connectivity index (χ0) is 15.1. The van der Waals surface area contributed by atoms with Crippen LogP contribution in [0.5, 0.6) is 0 Å². The minimum absolute atomic E-state index is 0. The van der Waals surface area contributed by atoms with Crippen molar-refractivity contribution in [3.05, 3.63) is 35.9 Å². The fourth-order valence-electron chi connectivity index (χ4n) is 2.53. The van der Waals surface area contributed by atoms with Gasteiger partial charge in [-0.1, -0.05) is 44.2 Å². The molecule has 2 rings (SSSR count). The normalized spacial score (nSPS) is 18.7. The summed E-state index contributed by atoms with van der Waals surface area (Å²) in [6.45, 7) is 7.03.